The van der Waals surface area contributed by atoms with Crippen molar-refractivity contribution in [3.8, 4) is 0 Å². The predicted molar refractivity (Wildman–Crippen MR) is 69.0 cm³/mol. The number of carboxylic acid groups (broad SMARTS) is 1. The molecule has 98 valence electrons. The standard InChI is InChI=1S/C13H13N3O3/c1-9-4-2-5-10(12(9)13(18)19)15-11(17)8-16-7-3-6-14-16/h2-7H,8H2,1H3,(H,15,17)(H,18,19). The van der Waals surface area contributed by atoms with Gasteiger partial charge in [-0.2, -0.15) is 5.10 Å². The maximum atomic E-state index is 11.8. The Balaban J connectivity index is 2.17. The van der Waals surface area contributed by atoms with E-state index in [1.807, 2.05) is 0 Å². The van der Waals surface area contributed by atoms with Crippen molar-refractivity contribution in [1.82, 2.24) is 9.78 Å². The van der Waals surface area contributed by atoms with Crippen molar-refractivity contribution in [2.24, 2.45) is 0 Å². The molecule has 0 fully saturated rings. The highest BCUT2D eigenvalue weighted by atomic mass is 16.4. The number of hydrogen-bond donors (Lipinski definition) is 2. The molecular weight excluding hydrogens is 246 g/mol. The van der Waals surface area contributed by atoms with Crippen LogP contribution >= 0.6 is 0 Å². The topological polar surface area (TPSA) is 84.2 Å². The smallest absolute Gasteiger partial charge is 0.338 e. The van der Waals surface area contributed by atoms with Gasteiger partial charge >= 0.3 is 5.97 Å². The van der Waals surface area contributed by atoms with E-state index in [9.17, 15) is 9.59 Å². The first-order valence-electron chi connectivity index (χ1n) is 5.68. The Hall–Kier alpha value is -2.63. The third-order valence-electron chi connectivity index (χ3n) is 2.63. The molecule has 0 unspecified atom stereocenters. The zero-order valence-electron chi connectivity index (χ0n) is 10.3. The summed E-state index contributed by atoms with van der Waals surface area (Å²) >= 11 is 0. The molecule has 6 nitrogen and oxygen atoms in total. The van der Waals surface area contributed by atoms with E-state index in [1.165, 1.54) is 4.68 Å². The number of anilines is 1. The lowest BCUT2D eigenvalue weighted by atomic mass is 10.1. The monoisotopic (exact) mass is 259 g/mol. The molecule has 6 heteroatoms. The van der Waals surface area contributed by atoms with Crippen molar-refractivity contribution in [1.29, 1.82) is 0 Å². The van der Waals surface area contributed by atoms with Gasteiger partial charge in [-0.3, -0.25) is 9.48 Å². The SMILES string of the molecule is Cc1cccc(NC(=O)Cn2cccn2)c1C(=O)O. The number of rotatable bonds is 4. The second-order valence-electron chi connectivity index (χ2n) is 4.05. The van der Waals surface area contributed by atoms with E-state index in [1.54, 1.807) is 43.6 Å². The van der Waals surface area contributed by atoms with Gasteiger partial charge in [-0.05, 0) is 24.6 Å². The molecule has 1 amide bonds. The first-order chi connectivity index (χ1) is 9.08. The number of nitrogens with one attached hydrogen (secondary N) is 1. The van der Waals surface area contributed by atoms with Gasteiger partial charge in [-0.15, -0.1) is 0 Å². The molecule has 1 aromatic carbocycles. The molecule has 1 heterocycles. The fraction of sp³-hybridized carbons (Fsp3) is 0.154. The summed E-state index contributed by atoms with van der Waals surface area (Å²) in [5, 5.41) is 15.7. The molecule has 0 spiro atoms. The molecule has 0 saturated heterocycles. The molecule has 0 aliphatic heterocycles. The average molecular weight is 259 g/mol. The summed E-state index contributed by atoms with van der Waals surface area (Å²) in [6, 6.07) is 6.66. The van der Waals surface area contributed by atoms with E-state index in [0.29, 0.717) is 11.3 Å². The first-order valence-corrected chi connectivity index (χ1v) is 5.68. The number of hydrogen-bond acceptors (Lipinski definition) is 3. The van der Waals surface area contributed by atoms with Gasteiger partial charge in [0.1, 0.15) is 6.54 Å². The molecular formula is C13H13N3O3. The Kier molecular flexibility index (Phi) is 3.61. The van der Waals surface area contributed by atoms with Crippen molar-refractivity contribution in [3.63, 3.8) is 0 Å². The number of aromatic nitrogens is 2. The fourth-order valence-corrected chi connectivity index (χ4v) is 1.79. The largest absolute Gasteiger partial charge is 0.478 e. The highest BCUT2D eigenvalue weighted by Crippen LogP contribution is 2.19. The van der Waals surface area contributed by atoms with Crippen LogP contribution in [0.1, 0.15) is 15.9 Å². The lowest BCUT2D eigenvalue weighted by molar-refractivity contribution is -0.116. The van der Waals surface area contributed by atoms with Crippen LogP contribution in [0.15, 0.2) is 36.7 Å². The Morgan fingerprint density at radius 1 is 1.37 bits per heavy atom. The van der Waals surface area contributed by atoms with Gasteiger partial charge in [0.15, 0.2) is 0 Å². The molecule has 0 bridgehead atoms. The third kappa shape index (κ3) is 2.98. The van der Waals surface area contributed by atoms with Crippen LogP contribution in [0, 0.1) is 6.92 Å². The number of carboxylic acids is 1. The van der Waals surface area contributed by atoms with E-state index in [2.05, 4.69) is 10.4 Å². The van der Waals surface area contributed by atoms with Gasteiger partial charge in [-0.25, -0.2) is 4.79 Å². The van der Waals surface area contributed by atoms with E-state index in [4.69, 9.17) is 5.11 Å². The number of amides is 1. The molecule has 1 aromatic heterocycles. The Morgan fingerprint density at radius 2 is 2.16 bits per heavy atom. The minimum absolute atomic E-state index is 0.0417. The average Bonchev–Trinajstić information content (AvgIpc) is 2.81. The zero-order valence-corrected chi connectivity index (χ0v) is 10.3. The summed E-state index contributed by atoms with van der Waals surface area (Å²) in [6.07, 6.45) is 3.23. The van der Waals surface area contributed by atoms with Crippen molar-refractivity contribution >= 4 is 17.6 Å². The number of carbonyl (C=O) groups excluding carboxylic acids is 1. The molecule has 0 atom stereocenters. The molecule has 2 N–H and O–H groups in total. The van der Waals surface area contributed by atoms with Gasteiger partial charge in [0.25, 0.3) is 0 Å². The quantitative estimate of drug-likeness (QED) is 0.872. The van der Waals surface area contributed by atoms with E-state index in [0.717, 1.165) is 0 Å². The summed E-state index contributed by atoms with van der Waals surface area (Å²) in [5.74, 6) is -1.38. The second-order valence-corrected chi connectivity index (χ2v) is 4.05. The van der Waals surface area contributed by atoms with Crippen LogP contribution in [0.25, 0.3) is 0 Å². The molecule has 2 rings (SSSR count). The summed E-state index contributed by atoms with van der Waals surface area (Å²) in [5.41, 5.74) is 1.00. The predicted octanol–water partition coefficient (Wildman–Crippen LogP) is 1.53. The van der Waals surface area contributed by atoms with Crippen LogP contribution in [0.4, 0.5) is 5.69 Å². The van der Waals surface area contributed by atoms with Gasteiger partial charge in [0, 0.05) is 12.4 Å². The molecule has 0 aliphatic rings. The van der Waals surface area contributed by atoms with Crippen molar-refractivity contribution < 1.29 is 14.7 Å². The summed E-state index contributed by atoms with van der Waals surface area (Å²) in [7, 11) is 0. The number of nitrogens with zero attached hydrogens (tertiary/aromatic N) is 2. The number of benzene rings is 1. The van der Waals surface area contributed by atoms with E-state index in [-0.39, 0.29) is 18.0 Å². The maximum absolute atomic E-state index is 11.8. The Bertz CT molecular complexity index is 606. The Morgan fingerprint density at radius 3 is 2.79 bits per heavy atom. The van der Waals surface area contributed by atoms with Gasteiger partial charge in [-0.1, -0.05) is 12.1 Å². The molecule has 0 saturated carbocycles. The highest BCUT2D eigenvalue weighted by molar-refractivity contribution is 6.01. The maximum Gasteiger partial charge on any atom is 0.338 e. The Labute approximate surface area is 109 Å². The van der Waals surface area contributed by atoms with Gasteiger partial charge < -0.3 is 10.4 Å². The van der Waals surface area contributed by atoms with Gasteiger partial charge in [0.2, 0.25) is 5.91 Å². The van der Waals surface area contributed by atoms with Crippen LogP contribution in [0.2, 0.25) is 0 Å². The van der Waals surface area contributed by atoms with Crippen LogP contribution in [-0.4, -0.2) is 26.8 Å². The zero-order chi connectivity index (χ0) is 13.8. The van der Waals surface area contributed by atoms with Crippen LogP contribution < -0.4 is 5.32 Å². The number of aryl methyl sites for hydroxylation is 1. The van der Waals surface area contributed by atoms with Crippen LogP contribution in [0.5, 0.6) is 0 Å². The fourth-order valence-electron chi connectivity index (χ4n) is 1.79. The van der Waals surface area contributed by atoms with Gasteiger partial charge in [0.05, 0.1) is 11.3 Å². The highest BCUT2D eigenvalue weighted by Gasteiger charge is 2.14. The second kappa shape index (κ2) is 5.34. The van der Waals surface area contributed by atoms with Crippen LogP contribution in [0.3, 0.4) is 0 Å². The summed E-state index contributed by atoms with van der Waals surface area (Å²) in [4.78, 5) is 23.0. The molecule has 0 aliphatic carbocycles. The van der Waals surface area contributed by atoms with E-state index < -0.39 is 5.97 Å². The van der Waals surface area contributed by atoms with E-state index >= 15 is 0 Å². The molecule has 2 aromatic rings. The lowest BCUT2D eigenvalue weighted by Crippen LogP contribution is -2.20. The minimum Gasteiger partial charge on any atom is -0.478 e. The molecule has 19 heavy (non-hydrogen) atoms. The normalized spacial score (nSPS) is 10.2. The van der Waals surface area contributed by atoms with Crippen molar-refractivity contribution in [2.75, 3.05) is 5.32 Å². The lowest BCUT2D eigenvalue weighted by Gasteiger charge is -2.10. The molecule has 0 radical (unpaired) electrons. The first kappa shape index (κ1) is 12.8. The minimum atomic E-state index is -1.06. The van der Waals surface area contributed by atoms with Crippen LogP contribution in [-0.2, 0) is 11.3 Å². The summed E-state index contributed by atoms with van der Waals surface area (Å²) < 4.78 is 1.46. The third-order valence-corrected chi connectivity index (χ3v) is 2.63. The van der Waals surface area contributed by atoms with Crippen molar-refractivity contribution in [2.45, 2.75) is 13.5 Å². The summed E-state index contributed by atoms with van der Waals surface area (Å²) in [6.45, 7) is 1.73. The number of carbonyl (C=O) groups is 2. The van der Waals surface area contributed by atoms with Crippen molar-refractivity contribution in [3.05, 3.63) is 47.8 Å². The number of aromatic carboxylic acids is 1.